The normalized spacial score (nSPS) is 14.3. The highest BCUT2D eigenvalue weighted by atomic mass is 19.1. The Bertz CT molecular complexity index is 760. The Morgan fingerprint density at radius 2 is 1.83 bits per heavy atom. The second kappa shape index (κ2) is 7.18. The van der Waals surface area contributed by atoms with Crippen LogP contribution in [0.2, 0.25) is 0 Å². The number of anilines is 1. The van der Waals surface area contributed by atoms with Crippen LogP contribution in [0, 0.1) is 5.82 Å². The molecule has 2 heterocycles. The molecule has 3 rings (SSSR count). The third-order valence-corrected chi connectivity index (χ3v) is 3.67. The van der Waals surface area contributed by atoms with E-state index in [-0.39, 0.29) is 17.2 Å². The number of morpholine rings is 1. The zero-order valence-corrected chi connectivity index (χ0v) is 12.9. The van der Waals surface area contributed by atoms with Gasteiger partial charge in [-0.15, -0.1) is 0 Å². The number of carbonyl (C=O) groups excluding carboxylic acids is 2. The van der Waals surface area contributed by atoms with Crippen LogP contribution in [-0.2, 0) is 4.74 Å². The third-order valence-electron chi connectivity index (χ3n) is 3.67. The molecule has 0 bridgehead atoms. The molecule has 6 nitrogen and oxygen atoms in total. The van der Waals surface area contributed by atoms with Crippen molar-refractivity contribution in [2.75, 3.05) is 31.6 Å². The molecule has 0 saturated carbocycles. The summed E-state index contributed by atoms with van der Waals surface area (Å²) in [7, 11) is 0. The summed E-state index contributed by atoms with van der Waals surface area (Å²) in [5, 5.41) is 2.47. The van der Waals surface area contributed by atoms with Crippen molar-refractivity contribution in [1.29, 1.82) is 0 Å². The molecule has 1 aromatic heterocycles. The summed E-state index contributed by atoms with van der Waals surface area (Å²) in [6.07, 6.45) is 2.75. The fraction of sp³-hybridized carbons (Fsp3) is 0.235. The van der Waals surface area contributed by atoms with Crippen LogP contribution in [-0.4, -0.2) is 48.0 Å². The standard InChI is InChI=1S/C17H16FN3O3/c18-14-3-1-2-4-15(14)20-16(22)12-9-13(11-19-10-12)17(23)21-5-7-24-8-6-21/h1-4,9-11H,5-8H2,(H,20,22). The highest BCUT2D eigenvalue weighted by molar-refractivity contribution is 6.05. The monoisotopic (exact) mass is 329 g/mol. The predicted molar refractivity (Wildman–Crippen MR) is 85.3 cm³/mol. The number of hydrogen-bond acceptors (Lipinski definition) is 4. The number of rotatable bonds is 3. The number of aromatic nitrogens is 1. The maximum atomic E-state index is 13.6. The topological polar surface area (TPSA) is 71.5 Å². The van der Waals surface area contributed by atoms with E-state index in [4.69, 9.17) is 4.74 Å². The fourth-order valence-electron chi connectivity index (χ4n) is 2.39. The number of hydrogen-bond donors (Lipinski definition) is 1. The Balaban J connectivity index is 1.76. The second-order valence-electron chi connectivity index (χ2n) is 5.30. The molecule has 0 atom stereocenters. The Hall–Kier alpha value is -2.80. The number of carbonyl (C=O) groups is 2. The molecule has 2 amide bonds. The molecule has 1 fully saturated rings. The summed E-state index contributed by atoms with van der Waals surface area (Å²) in [6.45, 7) is 1.99. The number of halogens is 1. The van der Waals surface area contributed by atoms with Gasteiger partial charge in [-0.3, -0.25) is 14.6 Å². The minimum atomic E-state index is -0.528. The Labute approximate surface area is 138 Å². The Morgan fingerprint density at radius 1 is 1.12 bits per heavy atom. The summed E-state index contributed by atoms with van der Waals surface area (Å²) in [5.41, 5.74) is 0.586. The molecule has 0 aliphatic carbocycles. The van der Waals surface area contributed by atoms with Gasteiger partial charge in [0.05, 0.1) is 30.0 Å². The summed E-state index contributed by atoms with van der Waals surface area (Å²) in [6, 6.07) is 7.33. The maximum Gasteiger partial charge on any atom is 0.257 e. The lowest BCUT2D eigenvalue weighted by atomic mass is 10.1. The van der Waals surface area contributed by atoms with Crippen molar-refractivity contribution < 1.29 is 18.7 Å². The summed E-state index contributed by atoms with van der Waals surface area (Å²) < 4.78 is 18.8. The van der Waals surface area contributed by atoms with Crippen molar-refractivity contribution in [1.82, 2.24) is 9.88 Å². The summed E-state index contributed by atoms with van der Waals surface area (Å²) in [4.78, 5) is 30.3. The van der Waals surface area contributed by atoms with E-state index in [2.05, 4.69) is 10.3 Å². The van der Waals surface area contributed by atoms with Gasteiger partial charge in [-0.2, -0.15) is 0 Å². The molecular formula is C17H16FN3O3. The summed E-state index contributed by atoms with van der Waals surface area (Å²) in [5.74, 6) is -1.25. The number of amides is 2. The largest absolute Gasteiger partial charge is 0.378 e. The molecule has 0 spiro atoms. The molecular weight excluding hydrogens is 313 g/mol. The minimum Gasteiger partial charge on any atom is -0.378 e. The van der Waals surface area contributed by atoms with Crippen molar-refractivity contribution in [3.63, 3.8) is 0 Å². The lowest BCUT2D eigenvalue weighted by Gasteiger charge is -2.26. The molecule has 7 heteroatoms. The van der Waals surface area contributed by atoms with Crippen LogP contribution in [0.5, 0.6) is 0 Å². The van der Waals surface area contributed by atoms with E-state index in [0.29, 0.717) is 31.9 Å². The molecule has 2 aromatic rings. The van der Waals surface area contributed by atoms with E-state index >= 15 is 0 Å². The Kier molecular flexibility index (Phi) is 4.81. The lowest BCUT2D eigenvalue weighted by molar-refractivity contribution is 0.0302. The van der Waals surface area contributed by atoms with E-state index in [0.717, 1.165) is 0 Å². The van der Waals surface area contributed by atoms with Crippen molar-refractivity contribution in [2.45, 2.75) is 0 Å². The molecule has 1 aromatic carbocycles. The highest BCUT2D eigenvalue weighted by Gasteiger charge is 2.20. The predicted octanol–water partition coefficient (Wildman–Crippen LogP) is 1.95. The van der Waals surface area contributed by atoms with Crippen LogP contribution in [0.25, 0.3) is 0 Å². The average molecular weight is 329 g/mol. The molecule has 1 N–H and O–H groups in total. The van der Waals surface area contributed by atoms with Gasteiger partial charge in [0.15, 0.2) is 0 Å². The van der Waals surface area contributed by atoms with Gasteiger partial charge in [-0.25, -0.2) is 4.39 Å². The van der Waals surface area contributed by atoms with Crippen LogP contribution < -0.4 is 5.32 Å². The van der Waals surface area contributed by atoms with Crippen LogP contribution in [0.4, 0.5) is 10.1 Å². The van der Waals surface area contributed by atoms with E-state index < -0.39 is 11.7 Å². The van der Waals surface area contributed by atoms with Gasteiger partial charge in [0, 0.05) is 25.5 Å². The maximum absolute atomic E-state index is 13.6. The van der Waals surface area contributed by atoms with Crippen LogP contribution in [0.1, 0.15) is 20.7 Å². The van der Waals surface area contributed by atoms with Crippen LogP contribution in [0.15, 0.2) is 42.7 Å². The van der Waals surface area contributed by atoms with Gasteiger partial charge < -0.3 is 15.0 Å². The lowest BCUT2D eigenvalue weighted by Crippen LogP contribution is -2.40. The minimum absolute atomic E-state index is 0.0763. The zero-order valence-electron chi connectivity index (χ0n) is 12.9. The number of nitrogens with zero attached hydrogens (tertiary/aromatic N) is 2. The van der Waals surface area contributed by atoms with E-state index in [1.165, 1.54) is 36.7 Å². The number of para-hydroxylation sites is 1. The number of ether oxygens (including phenoxy) is 1. The summed E-state index contributed by atoms with van der Waals surface area (Å²) >= 11 is 0. The zero-order chi connectivity index (χ0) is 16.9. The molecule has 0 unspecified atom stereocenters. The number of pyridine rings is 1. The molecule has 24 heavy (non-hydrogen) atoms. The van der Waals surface area contributed by atoms with Gasteiger partial charge in [-0.1, -0.05) is 12.1 Å². The molecule has 124 valence electrons. The first kappa shape index (κ1) is 16.1. The number of nitrogens with one attached hydrogen (secondary N) is 1. The van der Waals surface area contributed by atoms with E-state index in [9.17, 15) is 14.0 Å². The van der Waals surface area contributed by atoms with E-state index in [1.54, 1.807) is 11.0 Å². The molecule has 1 aliphatic rings. The second-order valence-corrected chi connectivity index (χ2v) is 5.30. The van der Waals surface area contributed by atoms with Crippen molar-refractivity contribution in [3.05, 3.63) is 59.7 Å². The molecule has 0 radical (unpaired) electrons. The fourth-order valence-corrected chi connectivity index (χ4v) is 2.39. The van der Waals surface area contributed by atoms with Gasteiger partial charge in [0.2, 0.25) is 0 Å². The molecule has 1 aliphatic heterocycles. The van der Waals surface area contributed by atoms with Gasteiger partial charge in [0.25, 0.3) is 11.8 Å². The van der Waals surface area contributed by atoms with Crippen molar-refractivity contribution in [3.8, 4) is 0 Å². The highest BCUT2D eigenvalue weighted by Crippen LogP contribution is 2.15. The first-order valence-corrected chi connectivity index (χ1v) is 7.53. The first-order chi connectivity index (χ1) is 11.6. The van der Waals surface area contributed by atoms with Crippen molar-refractivity contribution >= 4 is 17.5 Å². The van der Waals surface area contributed by atoms with Gasteiger partial charge in [-0.05, 0) is 18.2 Å². The average Bonchev–Trinajstić information content (AvgIpc) is 2.64. The van der Waals surface area contributed by atoms with Crippen LogP contribution in [0.3, 0.4) is 0 Å². The SMILES string of the molecule is O=C(Nc1ccccc1F)c1cncc(C(=O)N2CCOCC2)c1. The quantitative estimate of drug-likeness (QED) is 0.934. The van der Waals surface area contributed by atoms with E-state index in [1.807, 2.05) is 0 Å². The smallest absolute Gasteiger partial charge is 0.257 e. The first-order valence-electron chi connectivity index (χ1n) is 7.53. The van der Waals surface area contributed by atoms with Crippen molar-refractivity contribution in [2.24, 2.45) is 0 Å². The third kappa shape index (κ3) is 3.57. The van der Waals surface area contributed by atoms with Gasteiger partial charge in [0.1, 0.15) is 5.82 Å². The molecule has 1 saturated heterocycles. The van der Waals surface area contributed by atoms with Crippen LogP contribution >= 0.6 is 0 Å². The Morgan fingerprint density at radius 3 is 2.58 bits per heavy atom. The number of benzene rings is 1. The van der Waals surface area contributed by atoms with Gasteiger partial charge >= 0.3 is 0 Å².